The molecule has 0 aromatic heterocycles. The zero-order valence-corrected chi connectivity index (χ0v) is 9.06. The molecule has 1 rings (SSSR count). The van der Waals surface area contributed by atoms with Gasteiger partial charge < -0.3 is 10.8 Å². The van der Waals surface area contributed by atoms with Gasteiger partial charge in [0.15, 0.2) is 0 Å². The average molecular weight is 287 g/mol. The number of halogens is 1. The maximum atomic E-state index is 10.5. The number of aliphatic carboxylic acids is 1. The van der Waals surface area contributed by atoms with Gasteiger partial charge in [0.1, 0.15) is 6.04 Å². The van der Waals surface area contributed by atoms with Crippen LogP contribution in [0.4, 0.5) is 0 Å². The minimum Gasteiger partial charge on any atom is -0.480 e. The standard InChI is InChI=1S/C9H10INO2/c10-7-3-1-2-6(4-7)5-8(11)9(12)13/h1-4,8H,5,11H2,(H,12,13)/t8-/m0/s1/i10-4. The summed E-state index contributed by atoms with van der Waals surface area (Å²) in [5, 5.41) is 8.59. The lowest BCUT2D eigenvalue weighted by Gasteiger charge is -2.05. The van der Waals surface area contributed by atoms with E-state index < -0.39 is 12.0 Å². The Labute approximate surface area is 90.1 Å². The van der Waals surface area contributed by atoms with E-state index in [2.05, 4.69) is 22.6 Å². The number of hydrogen-bond acceptors (Lipinski definition) is 2. The molecule has 0 amide bonds. The van der Waals surface area contributed by atoms with Crippen molar-refractivity contribution >= 4 is 28.6 Å². The molecule has 0 radical (unpaired) electrons. The van der Waals surface area contributed by atoms with E-state index in [0.717, 1.165) is 9.13 Å². The highest BCUT2D eigenvalue weighted by Gasteiger charge is 2.11. The van der Waals surface area contributed by atoms with Gasteiger partial charge in [0.05, 0.1) is 0 Å². The molecular formula is C9H10INO2. The maximum absolute atomic E-state index is 10.5. The number of nitrogens with two attached hydrogens (primary N) is 1. The van der Waals surface area contributed by atoms with Gasteiger partial charge in [-0.3, -0.25) is 4.79 Å². The Morgan fingerprint density at radius 2 is 2.31 bits per heavy atom. The summed E-state index contributed by atoms with van der Waals surface area (Å²) in [5.74, 6) is -0.959. The van der Waals surface area contributed by atoms with E-state index in [1.807, 2.05) is 24.3 Å². The third-order valence-corrected chi connectivity index (χ3v) is 2.33. The molecule has 1 atom stereocenters. The first kappa shape index (κ1) is 10.5. The minimum absolute atomic E-state index is 0.381. The predicted molar refractivity (Wildman–Crippen MR) is 58.5 cm³/mol. The molecule has 1 aromatic rings. The van der Waals surface area contributed by atoms with Gasteiger partial charge in [-0.2, -0.15) is 0 Å². The summed E-state index contributed by atoms with van der Waals surface area (Å²) in [6, 6.07) is 6.86. The molecule has 0 heterocycles. The minimum atomic E-state index is -0.959. The van der Waals surface area contributed by atoms with Crippen molar-refractivity contribution in [2.45, 2.75) is 12.5 Å². The van der Waals surface area contributed by atoms with Gasteiger partial charge in [-0.05, 0) is 46.7 Å². The largest absolute Gasteiger partial charge is 0.480 e. The Kier molecular flexibility index (Phi) is 3.68. The van der Waals surface area contributed by atoms with Gasteiger partial charge in [-0.25, -0.2) is 0 Å². The third kappa shape index (κ3) is 3.31. The van der Waals surface area contributed by atoms with Crippen molar-refractivity contribution in [2.75, 3.05) is 0 Å². The normalized spacial score (nSPS) is 12.5. The van der Waals surface area contributed by atoms with E-state index in [1.165, 1.54) is 0 Å². The van der Waals surface area contributed by atoms with Crippen LogP contribution in [0.15, 0.2) is 24.3 Å². The molecule has 0 aliphatic carbocycles. The van der Waals surface area contributed by atoms with Crippen LogP contribution in [0, 0.1) is 3.57 Å². The van der Waals surface area contributed by atoms with Crippen molar-refractivity contribution in [3.63, 3.8) is 0 Å². The molecule has 0 unspecified atom stereocenters. The fraction of sp³-hybridized carbons (Fsp3) is 0.222. The summed E-state index contributed by atoms with van der Waals surface area (Å²) >= 11 is 2.18. The smallest absolute Gasteiger partial charge is 0.320 e. The third-order valence-electron chi connectivity index (χ3n) is 1.66. The van der Waals surface area contributed by atoms with Crippen LogP contribution in [0.1, 0.15) is 5.56 Å². The van der Waals surface area contributed by atoms with Crippen molar-refractivity contribution in [1.29, 1.82) is 0 Å². The molecule has 3 nitrogen and oxygen atoms in total. The molecule has 3 N–H and O–H groups in total. The molecule has 0 spiro atoms. The predicted octanol–water partition coefficient (Wildman–Crippen LogP) is 1.25. The highest BCUT2D eigenvalue weighted by molar-refractivity contribution is 14.1. The Morgan fingerprint density at radius 3 is 2.85 bits per heavy atom. The molecule has 4 heteroatoms. The molecule has 0 aliphatic rings. The zero-order valence-electron chi connectivity index (χ0n) is 6.90. The van der Waals surface area contributed by atoms with Crippen molar-refractivity contribution < 1.29 is 9.90 Å². The molecule has 13 heavy (non-hydrogen) atoms. The second-order valence-electron chi connectivity index (χ2n) is 2.78. The van der Waals surface area contributed by atoms with Crippen LogP contribution in [-0.2, 0) is 11.2 Å². The number of carbonyl (C=O) groups is 1. The van der Waals surface area contributed by atoms with Crippen molar-refractivity contribution in [3.8, 4) is 0 Å². The Hall–Kier alpha value is -0.620. The highest BCUT2D eigenvalue weighted by Crippen LogP contribution is 2.09. The molecule has 1 aromatic carbocycles. The molecule has 70 valence electrons. The van der Waals surface area contributed by atoms with Gasteiger partial charge in [-0.15, -0.1) is 0 Å². The van der Waals surface area contributed by atoms with Crippen LogP contribution in [0.3, 0.4) is 0 Å². The Bertz CT molecular complexity index is 314. The lowest BCUT2D eigenvalue weighted by molar-refractivity contribution is -0.138. The quantitative estimate of drug-likeness (QED) is 0.822. The maximum Gasteiger partial charge on any atom is 0.320 e. The van der Waals surface area contributed by atoms with Crippen LogP contribution >= 0.6 is 22.6 Å². The lowest BCUT2D eigenvalue weighted by atomic mass is 10.1. The summed E-state index contributed by atoms with van der Waals surface area (Å²) in [5.41, 5.74) is 6.36. The van der Waals surface area contributed by atoms with Gasteiger partial charge in [0, 0.05) is 3.57 Å². The first-order valence-electron chi connectivity index (χ1n) is 3.82. The lowest BCUT2D eigenvalue weighted by Crippen LogP contribution is -2.32. The zero-order chi connectivity index (χ0) is 9.84. The molecule has 0 bridgehead atoms. The second kappa shape index (κ2) is 4.57. The van der Waals surface area contributed by atoms with Crippen LogP contribution in [-0.4, -0.2) is 17.1 Å². The van der Waals surface area contributed by atoms with E-state index in [9.17, 15) is 4.79 Å². The van der Waals surface area contributed by atoms with Crippen molar-refractivity contribution in [1.82, 2.24) is 0 Å². The number of carboxylic acids is 1. The number of rotatable bonds is 3. The summed E-state index contributed by atoms with van der Waals surface area (Å²) < 4.78 is 1.09. The van der Waals surface area contributed by atoms with E-state index in [-0.39, 0.29) is 0 Å². The molecule has 0 fully saturated rings. The van der Waals surface area contributed by atoms with E-state index in [0.29, 0.717) is 6.42 Å². The van der Waals surface area contributed by atoms with Crippen molar-refractivity contribution in [2.24, 2.45) is 5.73 Å². The fourth-order valence-electron chi connectivity index (χ4n) is 1.01. The topological polar surface area (TPSA) is 63.3 Å². The second-order valence-corrected chi connectivity index (χ2v) is 4.02. The van der Waals surface area contributed by atoms with Crippen LogP contribution in [0.25, 0.3) is 0 Å². The summed E-state index contributed by atoms with van der Waals surface area (Å²) in [6.07, 6.45) is 0.381. The highest BCUT2D eigenvalue weighted by atomic mass is 123. The summed E-state index contributed by atoms with van der Waals surface area (Å²) in [4.78, 5) is 10.5. The van der Waals surface area contributed by atoms with E-state index in [1.54, 1.807) is 0 Å². The van der Waals surface area contributed by atoms with E-state index >= 15 is 0 Å². The molecule has 0 saturated carbocycles. The van der Waals surface area contributed by atoms with Crippen LogP contribution < -0.4 is 5.73 Å². The number of benzene rings is 1. The van der Waals surface area contributed by atoms with E-state index in [4.69, 9.17) is 10.8 Å². The Morgan fingerprint density at radius 1 is 1.62 bits per heavy atom. The molecule has 0 saturated heterocycles. The first-order valence-corrected chi connectivity index (χ1v) is 4.90. The summed E-state index contributed by atoms with van der Waals surface area (Å²) in [6.45, 7) is 0. The van der Waals surface area contributed by atoms with Crippen LogP contribution in [0.5, 0.6) is 0 Å². The van der Waals surface area contributed by atoms with Crippen LogP contribution in [0.2, 0.25) is 0 Å². The average Bonchev–Trinajstić information content (AvgIpc) is 2.04. The van der Waals surface area contributed by atoms with Gasteiger partial charge >= 0.3 is 5.97 Å². The summed E-state index contributed by atoms with van der Waals surface area (Å²) in [7, 11) is 0. The molecular weight excluding hydrogens is 277 g/mol. The van der Waals surface area contributed by atoms with Gasteiger partial charge in [0.25, 0.3) is 0 Å². The number of hydrogen-bond donors (Lipinski definition) is 2. The van der Waals surface area contributed by atoms with Gasteiger partial charge in [-0.1, -0.05) is 12.1 Å². The number of carboxylic acid groups (broad SMARTS) is 1. The first-order chi connectivity index (χ1) is 6.09. The fourth-order valence-corrected chi connectivity index (χ4v) is 1.61. The SMILES string of the molecule is N[C@@H](Cc1cccc([123I])c1)C(=O)O. The van der Waals surface area contributed by atoms with Crippen molar-refractivity contribution in [3.05, 3.63) is 33.4 Å². The Balaban J connectivity index is 2.69. The van der Waals surface area contributed by atoms with Gasteiger partial charge in [0.2, 0.25) is 0 Å². The molecule has 0 aliphatic heterocycles. The monoisotopic (exact) mass is 287 g/mol.